The molecule has 0 aromatic heterocycles. The first-order valence-corrected chi connectivity index (χ1v) is 18.0. The smallest absolute Gasteiger partial charge is 0.332 e. The number of aliphatic hydroxyl groups excluding tert-OH is 1. The summed E-state index contributed by atoms with van der Waals surface area (Å²) >= 11 is 6.33. The Kier molecular flexibility index (Phi) is 11.1. The minimum absolute atomic E-state index is 0.117. The van der Waals surface area contributed by atoms with E-state index in [0.29, 0.717) is 48.7 Å². The first-order chi connectivity index (χ1) is 21.6. The van der Waals surface area contributed by atoms with Crippen LogP contribution >= 0.6 is 11.6 Å². The fourth-order valence-electron chi connectivity index (χ4n) is 6.66. The number of anilines is 1. The number of benzene rings is 2. The van der Waals surface area contributed by atoms with E-state index in [9.17, 15) is 23.4 Å². The molecule has 1 unspecified atom stereocenters. The van der Waals surface area contributed by atoms with Gasteiger partial charge < -0.3 is 24.6 Å². The highest BCUT2D eigenvalue weighted by Gasteiger charge is 2.39. The number of nitrogens with one attached hydrogen (secondary N) is 1. The molecule has 3 N–H and O–H groups in total. The number of sulfonamides is 1. The van der Waals surface area contributed by atoms with Crippen molar-refractivity contribution in [1.82, 2.24) is 4.72 Å². The summed E-state index contributed by atoms with van der Waals surface area (Å²) < 4.78 is 41.7. The summed E-state index contributed by atoms with van der Waals surface area (Å²) in [5.41, 5.74) is 3.46. The lowest BCUT2D eigenvalue weighted by atomic mass is 9.70. The van der Waals surface area contributed by atoms with Crippen molar-refractivity contribution in [2.75, 3.05) is 18.0 Å². The SMILES string of the molecule is CC[C@@H]1CC/C=C/[C@H](O[C@@H](C)C(=O)O)[C@@H]2CC[C@H]2CN2CCCCc3cc(Cl)ccc3COc3ccc(cc32)C(O)NS1(=O)=O. The van der Waals surface area contributed by atoms with Gasteiger partial charge in [-0.15, -0.1) is 0 Å². The predicted octanol–water partition coefficient (Wildman–Crippen LogP) is 5.99. The Balaban J connectivity index is 1.54. The first kappa shape index (κ1) is 33.7. The molecule has 3 aliphatic rings. The lowest BCUT2D eigenvalue weighted by molar-refractivity contribution is -0.155. The number of carboxylic acids is 1. The summed E-state index contributed by atoms with van der Waals surface area (Å²) in [7, 11) is -3.85. The zero-order valence-corrected chi connectivity index (χ0v) is 27.6. The van der Waals surface area contributed by atoms with Crippen LogP contribution in [0.4, 0.5) is 5.69 Å². The number of ether oxygens (including phenoxy) is 2. The summed E-state index contributed by atoms with van der Waals surface area (Å²) in [5, 5.41) is 20.7. The molecule has 1 aliphatic carbocycles. The van der Waals surface area contributed by atoms with Gasteiger partial charge in [0.15, 0.2) is 6.10 Å². The van der Waals surface area contributed by atoms with Gasteiger partial charge in [-0.2, -0.15) is 4.72 Å². The van der Waals surface area contributed by atoms with Gasteiger partial charge in [-0.25, -0.2) is 13.2 Å². The fraction of sp³-hybridized carbons (Fsp3) is 0.559. The van der Waals surface area contributed by atoms with Gasteiger partial charge in [0.1, 0.15) is 18.6 Å². The van der Waals surface area contributed by atoms with Gasteiger partial charge in [-0.05, 0) is 111 Å². The Morgan fingerprint density at radius 1 is 1.16 bits per heavy atom. The molecule has 2 heterocycles. The van der Waals surface area contributed by atoms with E-state index in [0.717, 1.165) is 55.5 Å². The van der Waals surface area contributed by atoms with Crippen molar-refractivity contribution >= 4 is 33.3 Å². The quantitative estimate of drug-likeness (QED) is 0.342. The van der Waals surface area contributed by atoms with Gasteiger partial charge in [-0.3, -0.25) is 0 Å². The number of aliphatic hydroxyl groups is 1. The van der Waals surface area contributed by atoms with Crippen LogP contribution in [0.2, 0.25) is 5.02 Å². The molecule has 2 aromatic rings. The van der Waals surface area contributed by atoms with Gasteiger partial charge in [0.05, 0.1) is 17.0 Å². The molecule has 0 amide bonds. The van der Waals surface area contributed by atoms with E-state index in [4.69, 9.17) is 21.1 Å². The molecule has 5 rings (SSSR count). The average Bonchev–Trinajstić information content (AvgIpc) is 3.01. The van der Waals surface area contributed by atoms with Gasteiger partial charge in [0.25, 0.3) is 0 Å². The number of hydrogen-bond acceptors (Lipinski definition) is 7. The maximum atomic E-state index is 13.4. The molecule has 246 valence electrons. The Hall–Kier alpha value is -2.63. The van der Waals surface area contributed by atoms with Crippen LogP contribution in [-0.4, -0.2) is 55.1 Å². The second-order valence-corrected chi connectivity index (χ2v) is 14.9. The van der Waals surface area contributed by atoms with E-state index >= 15 is 0 Å². The number of halogens is 1. The van der Waals surface area contributed by atoms with Crippen molar-refractivity contribution in [2.45, 2.75) is 95.5 Å². The highest BCUT2D eigenvalue weighted by molar-refractivity contribution is 7.90. The van der Waals surface area contributed by atoms with Crippen LogP contribution in [-0.2, 0) is 32.6 Å². The average molecular weight is 661 g/mol. The number of rotatable bonds is 4. The third-order valence-corrected chi connectivity index (χ3v) is 11.8. The van der Waals surface area contributed by atoms with Crippen LogP contribution in [0.3, 0.4) is 0 Å². The lowest BCUT2D eigenvalue weighted by Crippen LogP contribution is -2.45. The van der Waals surface area contributed by atoms with Crippen molar-refractivity contribution in [3.63, 3.8) is 0 Å². The largest absolute Gasteiger partial charge is 0.487 e. The van der Waals surface area contributed by atoms with Crippen molar-refractivity contribution < 1.29 is 32.9 Å². The summed E-state index contributed by atoms with van der Waals surface area (Å²) in [6.45, 7) is 5.13. The third kappa shape index (κ3) is 8.21. The summed E-state index contributed by atoms with van der Waals surface area (Å²) in [6, 6.07) is 11.2. The van der Waals surface area contributed by atoms with Crippen LogP contribution in [0, 0.1) is 11.8 Å². The van der Waals surface area contributed by atoms with Gasteiger partial charge in [0.2, 0.25) is 10.0 Å². The number of allylic oxidation sites excluding steroid dienone is 1. The highest BCUT2D eigenvalue weighted by Crippen LogP contribution is 2.42. The molecule has 6 atom stereocenters. The Labute approximate surface area is 271 Å². The van der Waals surface area contributed by atoms with Gasteiger partial charge in [-0.1, -0.05) is 42.8 Å². The van der Waals surface area contributed by atoms with E-state index in [1.165, 1.54) is 0 Å². The number of carboxylic acid groups (broad SMARTS) is 1. The fourth-order valence-corrected chi connectivity index (χ4v) is 8.38. The number of carbonyl (C=O) groups is 1. The van der Waals surface area contributed by atoms with Gasteiger partial charge >= 0.3 is 5.97 Å². The number of fused-ring (bicyclic) bond motifs is 3. The number of nitrogens with zero attached hydrogens (tertiary/aromatic N) is 1. The maximum absolute atomic E-state index is 13.4. The van der Waals surface area contributed by atoms with E-state index in [1.54, 1.807) is 13.0 Å². The summed E-state index contributed by atoms with van der Waals surface area (Å²) in [4.78, 5) is 14.0. The molecule has 45 heavy (non-hydrogen) atoms. The molecule has 1 saturated carbocycles. The molecule has 2 aromatic carbocycles. The number of aliphatic carboxylic acids is 1. The second-order valence-electron chi connectivity index (χ2n) is 12.5. The van der Waals surface area contributed by atoms with Gasteiger partial charge in [0, 0.05) is 18.1 Å². The van der Waals surface area contributed by atoms with E-state index in [2.05, 4.69) is 9.62 Å². The van der Waals surface area contributed by atoms with Crippen LogP contribution in [0.1, 0.15) is 81.7 Å². The first-order valence-electron chi connectivity index (χ1n) is 16.1. The molecular weight excluding hydrogens is 616 g/mol. The maximum Gasteiger partial charge on any atom is 0.332 e. The van der Waals surface area contributed by atoms with Crippen molar-refractivity contribution in [3.05, 3.63) is 70.3 Å². The number of hydrogen-bond donors (Lipinski definition) is 3. The second kappa shape index (κ2) is 14.9. The molecule has 0 radical (unpaired) electrons. The predicted molar refractivity (Wildman–Crippen MR) is 175 cm³/mol. The minimum Gasteiger partial charge on any atom is -0.487 e. The van der Waals surface area contributed by atoms with Crippen LogP contribution in [0.5, 0.6) is 5.75 Å². The molecular formula is C34H45ClN2O7S. The molecule has 2 aliphatic heterocycles. The number of aryl methyl sites for hydroxylation is 1. The third-order valence-electron chi connectivity index (χ3n) is 9.53. The lowest BCUT2D eigenvalue weighted by Gasteiger charge is -2.44. The van der Waals surface area contributed by atoms with E-state index in [-0.39, 0.29) is 11.8 Å². The molecule has 9 nitrogen and oxygen atoms in total. The summed E-state index contributed by atoms with van der Waals surface area (Å²) in [5.74, 6) is -0.00231. The zero-order chi connectivity index (χ0) is 32.1. The van der Waals surface area contributed by atoms with Crippen molar-refractivity contribution in [3.8, 4) is 5.75 Å². The topological polar surface area (TPSA) is 125 Å². The molecule has 0 saturated heterocycles. The Morgan fingerprint density at radius 3 is 2.71 bits per heavy atom. The Bertz CT molecular complexity index is 1480. The molecule has 11 heteroatoms. The van der Waals surface area contributed by atoms with E-state index in [1.807, 2.05) is 49.4 Å². The molecule has 0 spiro atoms. The van der Waals surface area contributed by atoms with Crippen LogP contribution in [0.15, 0.2) is 48.6 Å². The monoisotopic (exact) mass is 660 g/mol. The Morgan fingerprint density at radius 2 is 1.98 bits per heavy atom. The summed E-state index contributed by atoms with van der Waals surface area (Å²) in [6.07, 6.45) is 6.91. The van der Waals surface area contributed by atoms with Crippen LogP contribution in [0.25, 0.3) is 0 Å². The van der Waals surface area contributed by atoms with Crippen LogP contribution < -0.4 is 14.4 Å². The highest BCUT2D eigenvalue weighted by atomic mass is 35.5. The molecule has 1 fully saturated rings. The van der Waals surface area contributed by atoms with Crippen molar-refractivity contribution in [1.29, 1.82) is 0 Å². The minimum atomic E-state index is -3.85. The van der Waals surface area contributed by atoms with Crippen molar-refractivity contribution in [2.24, 2.45) is 11.8 Å². The van der Waals surface area contributed by atoms with E-state index < -0.39 is 39.7 Å². The molecule has 2 bridgehead atoms. The normalized spacial score (nSPS) is 28.6. The standard InChI is InChI=1S/C34H45ClN2O7S/c1-3-28-9-4-5-10-31(44-22(2)34(39)40)29-15-12-25(29)20-37-17-7-6-8-23-18-27(35)14-11-26(23)21-43-32-16-13-24(19-30(32)37)33(38)36-45(28,41)42/h5,10-11,13-14,16,18-19,22,25,28-29,31,33,36,38H,3-4,6-9,12,15,17,20-21H2,1-2H3,(H,39,40)/b10-5+/t22-,25-,28+,29+,31-,33?/m0/s1. The zero-order valence-electron chi connectivity index (χ0n) is 26.0.